The molecule has 0 amide bonds. The predicted molar refractivity (Wildman–Crippen MR) is 87.9 cm³/mol. The van der Waals surface area contributed by atoms with Crippen molar-refractivity contribution in [1.29, 1.82) is 5.26 Å². The van der Waals surface area contributed by atoms with Crippen LogP contribution in [-0.4, -0.2) is 32.9 Å². The Kier molecular flexibility index (Phi) is 5.61. The molecule has 0 saturated heterocycles. The van der Waals surface area contributed by atoms with Crippen LogP contribution in [0.15, 0.2) is 53.4 Å². The Bertz CT molecular complexity index is 797. The molecule has 0 unspecified atom stereocenters. The first-order valence-electron chi connectivity index (χ1n) is 6.78. The van der Waals surface area contributed by atoms with E-state index in [-0.39, 0.29) is 18.0 Å². The number of likely N-dealkylation sites (N-methyl/N-ethyl adjacent to an activating group) is 1. The number of sulfonamides is 1. The number of ether oxygens (including phenoxy) is 1. The van der Waals surface area contributed by atoms with Gasteiger partial charge in [0, 0.05) is 18.6 Å². The van der Waals surface area contributed by atoms with Gasteiger partial charge >= 0.3 is 0 Å². The lowest BCUT2D eigenvalue weighted by Crippen LogP contribution is -2.31. The van der Waals surface area contributed by atoms with Crippen molar-refractivity contribution in [3.05, 3.63) is 59.1 Å². The van der Waals surface area contributed by atoms with E-state index in [4.69, 9.17) is 21.6 Å². The van der Waals surface area contributed by atoms with Gasteiger partial charge in [0.1, 0.15) is 12.4 Å². The fourth-order valence-electron chi connectivity index (χ4n) is 1.82. The molecule has 0 bridgehead atoms. The maximum Gasteiger partial charge on any atom is 0.242 e. The van der Waals surface area contributed by atoms with E-state index in [1.807, 2.05) is 6.07 Å². The fraction of sp³-hybridized carbons (Fsp3) is 0.188. The van der Waals surface area contributed by atoms with E-state index in [0.29, 0.717) is 16.3 Å². The Hall–Kier alpha value is -2.07. The van der Waals surface area contributed by atoms with Gasteiger partial charge in [-0.3, -0.25) is 0 Å². The third-order valence-electron chi connectivity index (χ3n) is 3.18. The van der Waals surface area contributed by atoms with E-state index < -0.39 is 10.0 Å². The normalized spacial score (nSPS) is 11.2. The second-order valence-corrected chi connectivity index (χ2v) is 7.25. The molecule has 2 aromatic carbocycles. The Morgan fingerprint density at radius 3 is 2.30 bits per heavy atom. The van der Waals surface area contributed by atoms with Crippen molar-refractivity contribution in [2.75, 3.05) is 20.2 Å². The summed E-state index contributed by atoms with van der Waals surface area (Å²) in [6.45, 7) is 0.415. The van der Waals surface area contributed by atoms with Crippen LogP contribution >= 0.6 is 11.6 Å². The molecule has 0 N–H and O–H groups in total. The number of halogens is 1. The second-order valence-electron chi connectivity index (χ2n) is 4.77. The average molecular weight is 351 g/mol. The van der Waals surface area contributed by atoms with Crippen LogP contribution in [0.1, 0.15) is 5.56 Å². The molecule has 0 aliphatic carbocycles. The van der Waals surface area contributed by atoms with Crippen molar-refractivity contribution >= 4 is 21.6 Å². The Labute approximate surface area is 140 Å². The lowest BCUT2D eigenvalue weighted by molar-refractivity contribution is 0.287. The van der Waals surface area contributed by atoms with E-state index in [1.165, 1.54) is 35.6 Å². The minimum absolute atomic E-state index is 0.144. The van der Waals surface area contributed by atoms with Crippen molar-refractivity contribution in [3.63, 3.8) is 0 Å². The van der Waals surface area contributed by atoms with E-state index >= 15 is 0 Å². The van der Waals surface area contributed by atoms with Gasteiger partial charge in [0.15, 0.2) is 0 Å². The van der Waals surface area contributed by atoms with Gasteiger partial charge in [-0.1, -0.05) is 11.6 Å². The van der Waals surface area contributed by atoms with Crippen molar-refractivity contribution in [2.45, 2.75) is 4.90 Å². The third kappa shape index (κ3) is 4.45. The summed E-state index contributed by atoms with van der Waals surface area (Å²) in [5.74, 6) is 0.624. The van der Waals surface area contributed by atoms with Crippen molar-refractivity contribution in [1.82, 2.24) is 4.31 Å². The Morgan fingerprint density at radius 2 is 1.74 bits per heavy atom. The van der Waals surface area contributed by atoms with E-state index in [2.05, 4.69) is 0 Å². The molecule has 2 aromatic rings. The van der Waals surface area contributed by atoms with Crippen LogP contribution in [0, 0.1) is 11.3 Å². The highest BCUT2D eigenvalue weighted by Crippen LogP contribution is 2.17. The molecule has 23 heavy (non-hydrogen) atoms. The zero-order chi connectivity index (χ0) is 16.9. The maximum atomic E-state index is 12.4. The van der Waals surface area contributed by atoms with E-state index in [0.717, 1.165) is 0 Å². The Morgan fingerprint density at radius 1 is 1.13 bits per heavy atom. The summed E-state index contributed by atoms with van der Waals surface area (Å²) in [4.78, 5) is 0.144. The van der Waals surface area contributed by atoms with Crippen LogP contribution in [0.4, 0.5) is 0 Å². The Balaban J connectivity index is 1.96. The molecule has 0 saturated carbocycles. The average Bonchev–Trinajstić information content (AvgIpc) is 2.56. The highest BCUT2D eigenvalue weighted by Gasteiger charge is 2.20. The quantitative estimate of drug-likeness (QED) is 0.803. The summed E-state index contributed by atoms with van der Waals surface area (Å²) in [5.41, 5.74) is 0.415. The topological polar surface area (TPSA) is 70.4 Å². The van der Waals surface area contributed by atoms with Crippen LogP contribution in [0.3, 0.4) is 0 Å². The van der Waals surface area contributed by atoms with Gasteiger partial charge in [0.2, 0.25) is 10.0 Å². The molecule has 0 aromatic heterocycles. The lowest BCUT2D eigenvalue weighted by atomic mass is 10.2. The standard InChI is InChI=1S/C16H15ClN2O3S/c1-19(10-11-22-15-6-4-14(17)5-7-15)23(20,21)16-8-2-13(12-18)3-9-16/h2-9H,10-11H2,1H3. The minimum atomic E-state index is -3.60. The predicted octanol–water partition coefficient (Wildman–Crippen LogP) is 2.91. The zero-order valence-corrected chi connectivity index (χ0v) is 14.0. The first-order valence-corrected chi connectivity index (χ1v) is 8.60. The molecule has 0 atom stereocenters. The van der Waals surface area contributed by atoms with E-state index in [9.17, 15) is 8.42 Å². The summed E-state index contributed by atoms with van der Waals surface area (Å²) in [7, 11) is -2.12. The van der Waals surface area contributed by atoms with Gasteiger partial charge in [-0.05, 0) is 48.5 Å². The van der Waals surface area contributed by atoms with Gasteiger partial charge in [0.25, 0.3) is 0 Å². The molecule has 2 rings (SSSR count). The van der Waals surface area contributed by atoms with Crippen molar-refractivity contribution in [2.24, 2.45) is 0 Å². The molecule has 120 valence electrons. The number of nitrogens with zero attached hydrogens (tertiary/aromatic N) is 2. The summed E-state index contributed by atoms with van der Waals surface area (Å²) >= 11 is 5.78. The van der Waals surface area contributed by atoms with Crippen LogP contribution in [0.25, 0.3) is 0 Å². The molecule has 5 nitrogen and oxygen atoms in total. The molecule has 0 fully saturated rings. The lowest BCUT2D eigenvalue weighted by Gasteiger charge is -2.17. The minimum Gasteiger partial charge on any atom is -0.492 e. The first kappa shape index (κ1) is 17.3. The summed E-state index contributed by atoms with van der Waals surface area (Å²) in [5, 5.41) is 9.36. The zero-order valence-electron chi connectivity index (χ0n) is 12.4. The highest BCUT2D eigenvalue weighted by molar-refractivity contribution is 7.89. The van der Waals surface area contributed by atoms with Gasteiger partial charge in [0.05, 0.1) is 16.5 Å². The van der Waals surface area contributed by atoms with Gasteiger partial charge < -0.3 is 4.74 Å². The molecule has 0 aliphatic heterocycles. The van der Waals surface area contributed by atoms with Gasteiger partial charge in [-0.15, -0.1) is 0 Å². The molecule has 0 radical (unpaired) electrons. The SMILES string of the molecule is CN(CCOc1ccc(Cl)cc1)S(=O)(=O)c1ccc(C#N)cc1. The summed E-state index contributed by atoms with van der Waals surface area (Å²) in [6, 6.07) is 14.6. The molecule has 0 heterocycles. The summed E-state index contributed by atoms with van der Waals surface area (Å²) in [6.07, 6.45) is 0. The number of rotatable bonds is 6. The molecule has 7 heteroatoms. The van der Waals surface area contributed by atoms with E-state index in [1.54, 1.807) is 24.3 Å². The molecule has 0 spiro atoms. The van der Waals surface area contributed by atoms with Crippen LogP contribution in [0.2, 0.25) is 5.02 Å². The molecule has 0 aliphatic rings. The number of benzene rings is 2. The van der Waals surface area contributed by atoms with Gasteiger partial charge in [-0.2, -0.15) is 9.57 Å². The number of hydrogen-bond donors (Lipinski definition) is 0. The van der Waals surface area contributed by atoms with Crippen molar-refractivity contribution in [3.8, 4) is 11.8 Å². The van der Waals surface area contributed by atoms with Crippen LogP contribution < -0.4 is 4.74 Å². The smallest absolute Gasteiger partial charge is 0.242 e. The van der Waals surface area contributed by atoms with Crippen LogP contribution in [0.5, 0.6) is 5.75 Å². The molecular formula is C16H15ClN2O3S. The number of hydrogen-bond acceptors (Lipinski definition) is 4. The largest absolute Gasteiger partial charge is 0.492 e. The summed E-state index contributed by atoms with van der Waals surface area (Å²) < 4.78 is 31.5. The second kappa shape index (κ2) is 7.47. The van der Waals surface area contributed by atoms with Gasteiger partial charge in [-0.25, -0.2) is 8.42 Å². The first-order chi connectivity index (χ1) is 10.9. The monoisotopic (exact) mass is 350 g/mol. The fourth-order valence-corrected chi connectivity index (χ4v) is 3.11. The highest BCUT2D eigenvalue weighted by atomic mass is 35.5. The number of nitriles is 1. The maximum absolute atomic E-state index is 12.4. The van der Waals surface area contributed by atoms with Crippen molar-refractivity contribution < 1.29 is 13.2 Å². The van der Waals surface area contributed by atoms with Crippen LogP contribution in [-0.2, 0) is 10.0 Å². The third-order valence-corrected chi connectivity index (χ3v) is 5.30. The molecular weight excluding hydrogens is 336 g/mol.